The fourth-order valence-corrected chi connectivity index (χ4v) is 1.95. The first-order valence-corrected chi connectivity index (χ1v) is 6.06. The van der Waals surface area contributed by atoms with Gasteiger partial charge in [0.2, 0.25) is 0 Å². The summed E-state index contributed by atoms with van der Waals surface area (Å²) >= 11 is 0. The SMILES string of the molecule is COc1cc2c(=O)c(CCCC(=O)O)coc2cc1O. The number of phenolic OH excluding ortho intramolecular Hbond substituents is 1. The van der Waals surface area contributed by atoms with E-state index in [9.17, 15) is 14.7 Å². The summed E-state index contributed by atoms with van der Waals surface area (Å²) in [5, 5.41) is 18.5. The van der Waals surface area contributed by atoms with Gasteiger partial charge in [-0.3, -0.25) is 9.59 Å². The molecule has 0 aliphatic heterocycles. The van der Waals surface area contributed by atoms with Crippen LogP contribution in [0, 0.1) is 0 Å². The predicted molar refractivity (Wildman–Crippen MR) is 71.3 cm³/mol. The smallest absolute Gasteiger partial charge is 0.303 e. The Morgan fingerprint density at radius 1 is 1.40 bits per heavy atom. The molecule has 0 saturated carbocycles. The third kappa shape index (κ3) is 2.74. The number of benzene rings is 1. The number of hydrogen-bond donors (Lipinski definition) is 2. The lowest BCUT2D eigenvalue weighted by Crippen LogP contribution is -2.09. The van der Waals surface area contributed by atoms with E-state index in [2.05, 4.69) is 0 Å². The number of aromatic hydroxyl groups is 1. The fraction of sp³-hybridized carbons (Fsp3) is 0.286. The van der Waals surface area contributed by atoms with Crippen molar-refractivity contribution >= 4 is 16.9 Å². The Kier molecular flexibility index (Phi) is 3.93. The number of hydrogen-bond acceptors (Lipinski definition) is 5. The average Bonchev–Trinajstić information content (AvgIpc) is 2.40. The van der Waals surface area contributed by atoms with Gasteiger partial charge in [-0.05, 0) is 18.9 Å². The largest absolute Gasteiger partial charge is 0.504 e. The highest BCUT2D eigenvalue weighted by molar-refractivity contribution is 5.81. The second-order valence-electron chi connectivity index (χ2n) is 4.36. The van der Waals surface area contributed by atoms with Crippen LogP contribution >= 0.6 is 0 Å². The molecule has 106 valence electrons. The lowest BCUT2D eigenvalue weighted by atomic mass is 10.1. The summed E-state index contributed by atoms with van der Waals surface area (Å²) in [7, 11) is 1.39. The van der Waals surface area contributed by atoms with Crippen LogP contribution in [0.3, 0.4) is 0 Å². The average molecular weight is 278 g/mol. The molecule has 0 aliphatic carbocycles. The maximum Gasteiger partial charge on any atom is 0.303 e. The molecule has 1 aromatic heterocycles. The van der Waals surface area contributed by atoms with Crippen LogP contribution in [0.15, 0.2) is 27.6 Å². The van der Waals surface area contributed by atoms with E-state index in [0.717, 1.165) is 0 Å². The monoisotopic (exact) mass is 278 g/mol. The van der Waals surface area contributed by atoms with Gasteiger partial charge in [-0.2, -0.15) is 0 Å². The number of carbonyl (C=O) groups is 1. The van der Waals surface area contributed by atoms with Gasteiger partial charge in [0.05, 0.1) is 18.8 Å². The number of fused-ring (bicyclic) bond motifs is 1. The van der Waals surface area contributed by atoms with Gasteiger partial charge < -0.3 is 19.4 Å². The molecule has 1 aromatic carbocycles. The maximum atomic E-state index is 12.2. The van der Waals surface area contributed by atoms with Crippen molar-refractivity contribution < 1.29 is 24.2 Å². The minimum absolute atomic E-state index is 0.00360. The molecule has 0 aliphatic rings. The molecule has 0 spiro atoms. The van der Waals surface area contributed by atoms with Gasteiger partial charge in [-0.1, -0.05) is 0 Å². The Bertz CT molecular complexity index is 701. The molecule has 0 radical (unpaired) electrons. The van der Waals surface area contributed by atoms with Gasteiger partial charge >= 0.3 is 5.97 Å². The molecule has 6 heteroatoms. The molecule has 6 nitrogen and oxygen atoms in total. The number of methoxy groups -OCH3 is 1. The summed E-state index contributed by atoms with van der Waals surface area (Å²) in [6, 6.07) is 2.73. The van der Waals surface area contributed by atoms with Crippen molar-refractivity contribution in [3.63, 3.8) is 0 Å². The van der Waals surface area contributed by atoms with Gasteiger partial charge in [-0.25, -0.2) is 0 Å². The van der Waals surface area contributed by atoms with Crippen LogP contribution in [-0.4, -0.2) is 23.3 Å². The second-order valence-corrected chi connectivity index (χ2v) is 4.36. The Morgan fingerprint density at radius 2 is 2.15 bits per heavy atom. The second kappa shape index (κ2) is 5.64. The molecule has 0 atom stereocenters. The van der Waals surface area contributed by atoms with Gasteiger partial charge in [0, 0.05) is 18.1 Å². The van der Waals surface area contributed by atoms with E-state index in [-0.39, 0.29) is 28.9 Å². The molecule has 2 aromatic rings. The fourth-order valence-electron chi connectivity index (χ4n) is 1.95. The molecule has 0 amide bonds. The standard InChI is InChI=1S/C14H14O6/c1-19-12-5-9-11(6-10(12)15)20-7-8(14(9)18)3-2-4-13(16)17/h5-7,15H,2-4H2,1H3,(H,16,17). The van der Waals surface area contributed by atoms with E-state index in [1.807, 2.05) is 0 Å². The molecule has 0 fully saturated rings. The molecular weight excluding hydrogens is 264 g/mol. The Morgan fingerprint density at radius 3 is 2.80 bits per heavy atom. The van der Waals surface area contributed by atoms with Gasteiger partial charge in [-0.15, -0.1) is 0 Å². The summed E-state index contributed by atoms with van der Waals surface area (Å²) in [4.78, 5) is 22.7. The van der Waals surface area contributed by atoms with Crippen molar-refractivity contribution in [1.82, 2.24) is 0 Å². The highest BCUT2D eigenvalue weighted by atomic mass is 16.5. The number of carboxylic acid groups (broad SMARTS) is 1. The summed E-state index contributed by atoms with van der Waals surface area (Å²) in [5.74, 6) is -0.823. The third-order valence-electron chi connectivity index (χ3n) is 2.98. The van der Waals surface area contributed by atoms with E-state index < -0.39 is 5.97 Å². The third-order valence-corrected chi connectivity index (χ3v) is 2.98. The van der Waals surface area contributed by atoms with Crippen LogP contribution in [-0.2, 0) is 11.2 Å². The first kappa shape index (κ1) is 13.9. The van der Waals surface area contributed by atoms with Gasteiger partial charge in [0.15, 0.2) is 16.9 Å². The van der Waals surface area contributed by atoms with E-state index in [1.54, 1.807) is 0 Å². The molecule has 20 heavy (non-hydrogen) atoms. The number of ether oxygens (including phenoxy) is 1. The molecule has 0 bridgehead atoms. The number of carboxylic acids is 1. The number of aliphatic carboxylic acids is 1. The lowest BCUT2D eigenvalue weighted by molar-refractivity contribution is -0.137. The number of phenols is 1. The molecule has 2 rings (SSSR count). The molecule has 1 heterocycles. The van der Waals surface area contributed by atoms with E-state index in [1.165, 1.54) is 25.5 Å². The maximum absolute atomic E-state index is 12.2. The lowest BCUT2D eigenvalue weighted by Gasteiger charge is -2.06. The minimum Gasteiger partial charge on any atom is -0.504 e. The van der Waals surface area contributed by atoms with Crippen molar-refractivity contribution in [1.29, 1.82) is 0 Å². The summed E-state index contributed by atoms with van der Waals surface area (Å²) in [6.07, 6.45) is 1.99. The van der Waals surface area contributed by atoms with Crippen LogP contribution < -0.4 is 10.2 Å². The van der Waals surface area contributed by atoms with Gasteiger partial charge in [0.25, 0.3) is 0 Å². The Hall–Kier alpha value is -2.50. The Labute approximate surface area is 114 Å². The van der Waals surface area contributed by atoms with Crippen molar-refractivity contribution in [2.75, 3.05) is 7.11 Å². The summed E-state index contributed by atoms with van der Waals surface area (Å²) in [5.41, 5.74) is 0.428. The van der Waals surface area contributed by atoms with Crippen LogP contribution in [0.25, 0.3) is 11.0 Å². The number of rotatable bonds is 5. The van der Waals surface area contributed by atoms with Crippen molar-refractivity contribution in [3.8, 4) is 11.5 Å². The zero-order valence-electron chi connectivity index (χ0n) is 10.9. The van der Waals surface area contributed by atoms with E-state index in [0.29, 0.717) is 23.8 Å². The topological polar surface area (TPSA) is 97.0 Å². The van der Waals surface area contributed by atoms with Crippen molar-refractivity contribution in [2.24, 2.45) is 0 Å². The van der Waals surface area contributed by atoms with Crippen molar-refractivity contribution in [3.05, 3.63) is 34.2 Å². The van der Waals surface area contributed by atoms with Crippen LogP contribution in [0.1, 0.15) is 18.4 Å². The summed E-state index contributed by atoms with van der Waals surface area (Å²) < 4.78 is 10.3. The molecule has 0 saturated heterocycles. The molecule has 2 N–H and O–H groups in total. The Balaban J connectivity index is 2.39. The van der Waals surface area contributed by atoms with Crippen LogP contribution in [0.4, 0.5) is 0 Å². The van der Waals surface area contributed by atoms with Crippen LogP contribution in [0.2, 0.25) is 0 Å². The zero-order valence-corrected chi connectivity index (χ0v) is 10.9. The predicted octanol–water partition coefficient (Wildman–Crippen LogP) is 1.91. The van der Waals surface area contributed by atoms with E-state index in [4.69, 9.17) is 14.3 Å². The first-order valence-electron chi connectivity index (χ1n) is 6.06. The highest BCUT2D eigenvalue weighted by Gasteiger charge is 2.12. The first-order chi connectivity index (χ1) is 9.52. The number of aryl methyl sites for hydroxylation is 1. The summed E-state index contributed by atoms with van der Waals surface area (Å²) in [6.45, 7) is 0. The van der Waals surface area contributed by atoms with Crippen molar-refractivity contribution in [2.45, 2.75) is 19.3 Å². The van der Waals surface area contributed by atoms with E-state index >= 15 is 0 Å². The van der Waals surface area contributed by atoms with Gasteiger partial charge in [0.1, 0.15) is 5.58 Å². The zero-order chi connectivity index (χ0) is 14.7. The normalized spacial score (nSPS) is 10.7. The van der Waals surface area contributed by atoms with Crippen LogP contribution in [0.5, 0.6) is 11.5 Å². The molecular formula is C14H14O6. The molecule has 0 unspecified atom stereocenters. The minimum atomic E-state index is -0.901. The quantitative estimate of drug-likeness (QED) is 0.867. The highest BCUT2D eigenvalue weighted by Crippen LogP contribution is 2.29.